The largest absolute Gasteiger partial charge is 0.378 e. The van der Waals surface area contributed by atoms with E-state index in [-0.39, 0.29) is 0 Å². The van der Waals surface area contributed by atoms with Crippen molar-refractivity contribution < 1.29 is 4.74 Å². The Morgan fingerprint density at radius 3 is 2.56 bits per heavy atom. The van der Waals surface area contributed by atoms with E-state index in [0.717, 1.165) is 37.9 Å². The fraction of sp³-hybridized carbons (Fsp3) is 0.357. The van der Waals surface area contributed by atoms with E-state index < -0.39 is 0 Å². The Labute approximate surface area is 107 Å². The molecule has 0 radical (unpaired) electrons. The molecule has 18 heavy (non-hydrogen) atoms. The predicted octanol–water partition coefficient (Wildman–Crippen LogP) is 1.92. The van der Waals surface area contributed by atoms with Gasteiger partial charge in [-0.05, 0) is 5.56 Å². The molecule has 1 aliphatic rings. The first-order valence-electron chi connectivity index (χ1n) is 6.26. The highest BCUT2D eigenvalue weighted by Crippen LogP contribution is 2.23. The summed E-state index contributed by atoms with van der Waals surface area (Å²) >= 11 is 0. The second-order valence-corrected chi connectivity index (χ2v) is 4.47. The van der Waals surface area contributed by atoms with Crippen LogP contribution in [-0.4, -0.2) is 35.9 Å². The molecule has 0 atom stereocenters. The number of imidazole rings is 1. The fourth-order valence-corrected chi connectivity index (χ4v) is 2.33. The average molecular weight is 243 g/mol. The normalized spacial score (nSPS) is 15.9. The first-order chi connectivity index (χ1) is 8.86. The van der Waals surface area contributed by atoms with Crippen LogP contribution in [0.3, 0.4) is 0 Å². The molecule has 1 aromatic heterocycles. The third-order valence-electron chi connectivity index (χ3n) is 3.33. The van der Waals surface area contributed by atoms with E-state index in [9.17, 15) is 0 Å². The number of hydrogen-bond donors (Lipinski definition) is 0. The minimum atomic E-state index is 0.785. The van der Waals surface area contributed by atoms with Crippen molar-refractivity contribution in [3.05, 3.63) is 36.5 Å². The van der Waals surface area contributed by atoms with E-state index in [0.29, 0.717) is 0 Å². The Hall–Kier alpha value is -1.81. The van der Waals surface area contributed by atoms with Gasteiger partial charge in [0.15, 0.2) is 0 Å². The molecule has 4 heteroatoms. The second-order valence-electron chi connectivity index (χ2n) is 4.47. The van der Waals surface area contributed by atoms with Gasteiger partial charge in [-0.2, -0.15) is 0 Å². The Morgan fingerprint density at radius 1 is 1.11 bits per heavy atom. The summed E-state index contributed by atoms with van der Waals surface area (Å²) in [7, 11) is 2.07. The standard InChI is InChI=1S/C14H17N3O/c1-16-13(12-5-3-2-4-6-12)11-15-14(16)17-7-9-18-10-8-17/h2-6,11H,7-10H2,1H3. The molecule has 0 bridgehead atoms. The number of morpholine rings is 1. The summed E-state index contributed by atoms with van der Waals surface area (Å²) in [6.07, 6.45) is 1.94. The molecule has 3 rings (SSSR count). The maximum atomic E-state index is 5.37. The Kier molecular flexibility index (Phi) is 3.02. The van der Waals surface area contributed by atoms with E-state index >= 15 is 0 Å². The van der Waals surface area contributed by atoms with Crippen LogP contribution in [0.2, 0.25) is 0 Å². The summed E-state index contributed by atoms with van der Waals surface area (Å²) in [4.78, 5) is 6.82. The van der Waals surface area contributed by atoms with Gasteiger partial charge in [-0.1, -0.05) is 30.3 Å². The third kappa shape index (κ3) is 1.99. The first kappa shape index (κ1) is 11.3. The molecule has 4 nitrogen and oxygen atoms in total. The van der Waals surface area contributed by atoms with Gasteiger partial charge in [0, 0.05) is 20.1 Å². The van der Waals surface area contributed by atoms with E-state index in [2.05, 4.69) is 45.8 Å². The molecular formula is C14H17N3O. The molecule has 1 saturated heterocycles. The van der Waals surface area contributed by atoms with Gasteiger partial charge in [-0.25, -0.2) is 4.98 Å². The van der Waals surface area contributed by atoms with Crippen molar-refractivity contribution in [1.82, 2.24) is 9.55 Å². The van der Waals surface area contributed by atoms with Gasteiger partial charge >= 0.3 is 0 Å². The van der Waals surface area contributed by atoms with Crippen molar-refractivity contribution >= 4 is 5.95 Å². The molecular weight excluding hydrogens is 226 g/mol. The molecule has 1 aliphatic heterocycles. The van der Waals surface area contributed by atoms with E-state index in [4.69, 9.17) is 4.74 Å². The molecule has 2 aromatic rings. The number of hydrogen-bond acceptors (Lipinski definition) is 3. The van der Waals surface area contributed by atoms with Crippen molar-refractivity contribution in [3.8, 4) is 11.3 Å². The molecule has 1 fully saturated rings. The lowest BCUT2D eigenvalue weighted by atomic mass is 10.2. The van der Waals surface area contributed by atoms with Crippen LogP contribution in [0, 0.1) is 0 Å². The zero-order valence-electron chi connectivity index (χ0n) is 10.5. The molecule has 2 heterocycles. The molecule has 0 spiro atoms. The number of benzene rings is 1. The zero-order chi connectivity index (χ0) is 12.4. The fourth-order valence-electron chi connectivity index (χ4n) is 2.33. The Balaban J connectivity index is 1.92. The Bertz CT molecular complexity index is 515. The Morgan fingerprint density at radius 2 is 1.83 bits per heavy atom. The van der Waals surface area contributed by atoms with Gasteiger partial charge in [0.1, 0.15) is 0 Å². The average Bonchev–Trinajstić information content (AvgIpc) is 2.83. The minimum absolute atomic E-state index is 0.785. The van der Waals surface area contributed by atoms with Crippen molar-refractivity contribution in [1.29, 1.82) is 0 Å². The maximum Gasteiger partial charge on any atom is 0.205 e. The van der Waals surface area contributed by atoms with Crippen molar-refractivity contribution in [2.24, 2.45) is 7.05 Å². The van der Waals surface area contributed by atoms with Gasteiger partial charge < -0.3 is 14.2 Å². The topological polar surface area (TPSA) is 30.3 Å². The molecule has 0 N–H and O–H groups in total. The summed E-state index contributed by atoms with van der Waals surface area (Å²) < 4.78 is 7.53. The van der Waals surface area contributed by atoms with Crippen LogP contribution in [0.25, 0.3) is 11.3 Å². The lowest BCUT2D eigenvalue weighted by molar-refractivity contribution is 0.122. The molecule has 0 unspecified atom stereocenters. The summed E-state index contributed by atoms with van der Waals surface area (Å²) in [6.45, 7) is 3.40. The van der Waals surface area contributed by atoms with Gasteiger partial charge in [0.2, 0.25) is 5.95 Å². The molecule has 0 aliphatic carbocycles. The summed E-state index contributed by atoms with van der Waals surface area (Å²) in [5.74, 6) is 1.03. The van der Waals surface area contributed by atoms with Crippen molar-refractivity contribution in [2.45, 2.75) is 0 Å². The van der Waals surface area contributed by atoms with Crippen LogP contribution >= 0.6 is 0 Å². The van der Waals surface area contributed by atoms with Crippen molar-refractivity contribution in [2.75, 3.05) is 31.2 Å². The number of aromatic nitrogens is 2. The highest BCUT2D eigenvalue weighted by molar-refractivity contribution is 5.61. The highest BCUT2D eigenvalue weighted by atomic mass is 16.5. The van der Waals surface area contributed by atoms with Gasteiger partial charge in [-0.15, -0.1) is 0 Å². The van der Waals surface area contributed by atoms with Crippen LogP contribution in [0.4, 0.5) is 5.95 Å². The van der Waals surface area contributed by atoms with Gasteiger partial charge in [0.05, 0.1) is 25.1 Å². The number of ether oxygens (including phenoxy) is 1. The van der Waals surface area contributed by atoms with Crippen molar-refractivity contribution in [3.63, 3.8) is 0 Å². The first-order valence-corrected chi connectivity index (χ1v) is 6.26. The predicted molar refractivity (Wildman–Crippen MR) is 71.7 cm³/mol. The number of rotatable bonds is 2. The van der Waals surface area contributed by atoms with E-state index in [1.54, 1.807) is 0 Å². The lowest BCUT2D eigenvalue weighted by Crippen LogP contribution is -2.37. The smallest absolute Gasteiger partial charge is 0.205 e. The monoisotopic (exact) mass is 243 g/mol. The minimum Gasteiger partial charge on any atom is -0.378 e. The van der Waals surface area contributed by atoms with Crippen LogP contribution in [0.5, 0.6) is 0 Å². The molecule has 1 aromatic carbocycles. The summed E-state index contributed by atoms with van der Waals surface area (Å²) in [6, 6.07) is 10.4. The van der Waals surface area contributed by atoms with Crippen LogP contribution in [0.1, 0.15) is 0 Å². The maximum absolute atomic E-state index is 5.37. The van der Waals surface area contributed by atoms with Gasteiger partial charge in [0.25, 0.3) is 0 Å². The quantitative estimate of drug-likeness (QED) is 0.807. The molecule has 0 amide bonds. The second kappa shape index (κ2) is 4.82. The summed E-state index contributed by atoms with van der Waals surface area (Å²) in [5, 5.41) is 0. The van der Waals surface area contributed by atoms with Crippen LogP contribution in [0.15, 0.2) is 36.5 Å². The van der Waals surface area contributed by atoms with E-state index in [1.807, 2.05) is 12.3 Å². The van der Waals surface area contributed by atoms with Crippen LogP contribution in [-0.2, 0) is 11.8 Å². The van der Waals surface area contributed by atoms with Gasteiger partial charge in [-0.3, -0.25) is 0 Å². The molecule has 0 saturated carbocycles. The lowest BCUT2D eigenvalue weighted by Gasteiger charge is -2.27. The number of nitrogens with zero attached hydrogens (tertiary/aromatic N) is 3. The molecule has 94 valence electrons. The summed E-state index contributed by atoms with van der Waals surface area (Å²) in [5.41, 5.74) is 2.35. The zero-order valence-corrected chi connectivity index (χ0v) is 10.5. The van der Waals surface area contributed by atoms with Crippen LogP contribution < -0.4 is 4.90 Å². The third-order valence-corrected chi connectivity index (χ3v) is 3.33. The van der Waals surface area contributed by atoms with E-state index in [1.165, 1.54) is 5.56 Å². The number of anilines is 1. The SMILES string of the molecule is Cn1c(-c2ccccc2)cnc1N1CCOCC1. The highest BCUT2D eigenvalue weighted by Gasteiger charge is 2.17.